The Morgan fingerprint density at radius 2 is 2.24 bits per heavy atom. The number of carbonyl (C=O) groups excluding carboxylic acids is 1. The van der Waals surface area contributed by atoms with Crippen molar-refractivity contribution in [2.24, 2.45) is 5.92 Å². The van der Waals surface area contributed by atoms with Crippen LogP contribution >= 0.6 is 0 Å². The molecule has 1 aliphatic rings. The molecule has 2 rings (SSSR count). The van der Waals surface area contributed by atoms with Crippen LogP contribution in [0.5, 0.6) is 0 Å². The van der Waals surface area contributed by atoms with E-state index in [-0.39, 0.29) is 17.4 Å². The van der Waals surface area contributed by atoms with E-state index in [1.54, 1.807) is 11.0 Å². The fourth-order valence-corrected chi connectivity index (χ4v) is 1.93. The molecule has 1 aromatic heterocycles. The Kier molecular flexibility index (Phi) is 3.33. The fourth-order valence-electron chi connectivity index (χ4n) is 1.93. The number of nitriles is 1. The van der Waals surface area contributed by atoms with Crippen molar-refractivity contribution in [1.82, 2.24) is 9.88 Å². The summed E-state index contributed by atoms with van der Waals surface area (Å²) in [5.74, 6) is -1.07. The number of hydrogen-bond donors (Lipinski definition) is 0. The van der Waals surface area contributed by atoms with Gasteiger partial charge in [0.15, 0.2) is 0 Å². The summed E-state index contributed by atoms with van der Waals surface area (Å²) in [5.41, 5.74) is 0.00269. The maximum absolute atomic E-state index is 13.3. The van der Waals surface area contributed by atoms with Gasteiger partial charge in [0.05, 0.1) is 11.6 Å². The highest BCUT2D eigenvalue weighted by Crippen LogP contribution is 2.18. The van der Waals surface area contributed by atoms with E-state index in [0.29, 0.717) is 25.9 Å². The largest absolute Gasteiger partial charge is 0.338 e. The van der Waals surface area contributed by atoms with Crippen LogP contribution in [-0.4, -0.2) is 28.9 Å². The third kappa shape index (κ3) is 2.41. The van der Waals surface area contributed by atoms with Crippen molar-refractivity contribution in [3.63, 3.8) is 0 Å². The van der Waals surface area contributed by atoms with Crippen molar-refractivity contribution in [1.29, 1.82) is 5.26 Å². The molecule has 0 spiro atoms. The average molecular weight is 233 g/mol. The van der Waals surface area contributed by atoms with Crippen LogP contribution in [0.1, 0.15) is 23.2 Å². The minimum Gasteiger partial charge on any atom is -0.338 e. The summed E-state index contributed by atoms with van der Waals surface area (Å²) >= 11 is 0. The van der Waals surface area contributed by atoms with Crippen LogP contribution in [0.4, 0.5) is 4.39 Å². The number of likely N-dealkylation sites (tertiary alicyclic amines) is 1. The van der Waals surface area contributed by atoms with Gasteiger partial charge in [0, 0.05) is 25.2 Å². The molecule has 0 atom stereocenters. The molecule has 0 N–H and O–H groups in total. The van der Waals surface area contributed by atoms with Gasteiger partial charge in [0.25, 0.3) is 5.91 Å². The summed E-state index contributed by atoms with van der Waals surface area (Å²) in [7, 11) is 0. The highest BCUT2D eigenvalue weighted by molar-refractivity contribution is 5.94. The second-order valence-corrected chi connectivity index (χ2v) is 4.04. The number of piperidine rings is 1. The number of hydrogen-bond acceptors (Lipinski definition) is 3. The van der Waals surface area contributed by atoms with E-state index in [1.165, 1.54) is 12.3 Å². The maximum atomic E-state index is 13.3. The first-order valence-electron chi connectivity index (χ1n) is 5.52. The Balaban J connectivity index is 2.08. The number of amides is 1. The van der Waals surface area contributed by atoms with Gasteiger partial charge in [-0.25, -0.2) is 4.98 Å². The fraction of sp³-hybridized carbons (Fsp3) is 0.417. The lowest BCUT2D eigenvalue weighted by atomic mass is 9.98. The summed E-state index contributed by atoms with van der Waals surface area (Å²) in [5, 5.41) is 8.75. The van der Waals surface area contributed by atoms with Crippen LogP contribution < -0.4 is 0 Å². The lowest BCUT2D eigenvalue weighted by molar-refractivity contribution is 0.0701. The van der Waals surface area contributed by atoms with Gasteiger partial charge in [-0.3, -0.25) is 4.79 Å². The number of nitrogens with zero attached hydrogens (tertiary/aromatic N) is 3. The summed E-state index contributed by atoms with van der Waals surface area (Å²) in [6, 6.07) is 5.16. The SMILES string of the molecule is N#CC1CCN(C(=O)c2cccnc2F)CC1. The molecule has 88 valence electrons. The van der Waals surface area contributed by atoms with Gasteiger partial charge >= 0.3 is 0 Å². The van der Waals surface area contributed by atoms with Gasteiger partial charge in [-0.2, -0.15) is 9.65 Å². The molecule has 4 nitrogen and oxygen atoms in total. The Morgan fingerprint density at radius 3 is 2.82 bits per heavy atom. The minimum atomic E-state index is -0.736. The zero-order valence-electron chi connectivity index (χ0n) is 9.27. The molecular formula is C12H12FN3O. The molecule has 17 heavy (non-hydrogen) atoms. The molecule has 1 saturated heterocycles. The predicted molar refractivity (Wildman–Crippen MR) is 58.4 cm³/mol. The molecule has 0 radical (unpaired) electrons. The van der Waals surface area contributed by atoms with E-state index >= 15 is 0 Å². The van der Waals surface area contributed by atoms with Gasteiger partial charge in [0.2, 0.25) is 5.95 Å². The number of aromatic nitrogens is 1. The summed E-state index contributed by atoms with van der Waals surface area (Å²) in [4.78, 5) is 17.0. The highest BCUT2D eigenvalue weighted by atomic mass is 19.1. The third-order valence-corrected chi connectivity index (χ3v) is 2.95. The Morgan fingerprint density at radius 1 is 1.53 bits per heavy atom. The van der Waals surface area contributed by atoms with E-state index < -0.39 is 5.95 Å². The normalized spacial score (nSPS) is 16.6. The number of carbonyl (C=O) groups is 1. The molecule has 1 aliphatic heterocycles. The van der Waals surface area contributed by atoms with Crippen molar-refractivity contribution in [3.8, 4) is 6.07 Å². The first-order chi connectivity index (χ1) is 8.22. The summed E-state index contributed by atoms with van der Waals surface area (Å²) in [6.07, 6.45) is 2.63. The molecule has 0 unspecified atom stereocenters. The maximum Gasteiger partial charge on any atom is 0.258 e. The molecule has 1 fully saturated rings. The van der Waals surface area contributed by atoms with E-state index in [1.807, 2.05) is 0 Å². The van der Waals surface area contributed by atoms with Crippen LogP contribution in [-0.2, 0) is 0 Å². The number of rotatable bonds is 1. The van der Waals surface area contributed by atoms with Gasteiger partial charge in [-0.05, 0) is 25.0 Å². The van der Waals surface area contributed by atoms with Gasteiger partial charge in [-0.1, -0.05) is 0 Å². The molecule has 1 aromatic rings. The van der Waals surface area contributed by atoms with Crippen LogP contribution in [0.25, 0.3) is 0 Å². The summed E-state index contributed by atoms with van der Waals surface area (Å²) in [6.45, 7) is 1.01. The molecule has 0 bridgehead atoms. The molecule has 5 heteroatoms. The standard InChI is InChI=1S/C12H12FN3O/c13-11-10(2-1-5-15-11)12(17)16-6-3-9(8-14)4-7-16/h1-2,5,9H,3-4,6-7H2. The molecule has 1 amide bonds. The Hall–Kier alpha value is -1.96. The third-order valence-electron chi connectivity index (χ3n) is 2.95. The molecule has 0 aliphatic carbocycles. The lowest BCUT2D eigenvalue weighted by Crippen LogP contribution is -2.38. The van der Waals surface area contributed by atoms with Crippen LogP contribution in [0.3, 0.4) is 0 Å². The zero-order valence-corrected chi connectivity index (χ0v) is 9.27. The minimum absolute atomic E-state index is 0.00269. The number of halogens is 1. The van der Waals surface area contributed by atoms with E-state index in [9.17, 15) is 9.18 Å². The second kappa shape index (κ2) is 4.91. The quantitative estimate of drug-likeness (QED) is 0.692. The van der Waals surface area contributed by atoms with Crippen molar-refractivity contribution in [3.05, 3.63) is 29.8 Å². The first-order valence-corrected chi connectivity index (χ1v) is 5.52. The average Bonchev–Trinajstić information content (AvgIpc) is 2.39. The van der Waals surface area contributed by atoms with Crippen LogP contribution in [0.15, 0.2) is 18.3 Å². The molecule has 2 heterocycles. The van der Waals surface area contributed by atoms with E-state index in [0.717, 1.165) is 0 Å². The monoisotopic (exact) mass is 233 g/mol. The molecule has 0 aromatic carbocycles. The molecular weight excluding hydrogens is 221 g/mol. The molecule has 0 saturated carbocycles. The van der Waals surface area contributed by atoms with Gasteiger partial charge in [-0.15, -0.1) is 0 Å². The van der Waals surface area contributed by atoms with Crippen molar-refractivity contribution in [2.45, 2.75) is 12.8 Å². The first kappa shape index (κ1) is 11.5. The van der Waals surface area contributed by atoms with E-state index in [2.05, 4.69) is 11.1 Å². The van der Waals surface area contributed by atoms with E-state index in [4.69, 9.17) is 5.26 Å². The Labute approximate surface area is 98.7 Å². The van der Waals surface area contributed by atoms with Crippen molar-refractivity contribution < 1.29 is 9.18 Å². The summed E-state index contributed by atoms with van der Waals surface area (Å²) < 4.78 is 13.3. The van der Waals surface area contributed by atoms with Crippen molar-refractivity contribution in [2.75, 3.05) is 13.1 Å². The number of pyridine rings is 1. The lowest BCUT2D eigenvalue weighted by Gasteiger charge is -2.29. The van der Waals surface area contributed by atoms with Crippen molar-refractivity contribution >= 4 is 5.91 Å². The smallest absolute Gasteiger partial charge is 0.258 e. The highest BCUT2D eigenvalue weighted by Gasteiger charge is 2.25. The predicted octanol–water partition coefficient (Wildman–Crippen LogP) is 1.60. The second-order valence-electron chi connectivity index (χ2n) is 4.04. The Bertz CT molecular complexity index is 461. The van der Waals surface area contributed by atoms with Gasteiger partial charge in [0.1, 0.15) is 0 Å². The van der Waals surface area contributed by atoms with Gasteiger partial charge < -0.3 is 4.90 Å². The topological polar surface area (TPSA) is 57.0 Å². The zero-order chi connectivity index (χ0) is 12.3. The van der Waals surface area contributed by atoms with Crippen LogP contribution in [0.2, 0.25) is 0 Å². The van der Waals surface area contributed by atoms with Crippen LogP contribution in [0, 0.1) is 23.2 Å².